The molecule has 3 aromatic rings. The number of halogens is 1. The van der Waals surface area contributed by atoms with E-state index in [1.165, 1.54) is 0 Å². The second kappa shape index (κ2) is 5.74. The van der Waals surface area contributed by atoms with E-state index >= 15 is 0 Å². The molecule has 4 heteroatoms. The Labute approximate surface area is 131 Å². The van der Waals surface area contributed by atoms with Crippen molar-refractivity contribution in [3.63, 3.8) is 0 Å². The molecular weight excluding hydrogens is 330 g/mol. The molecule has 0 unspecified atom stereocenters. The molecule has 1 heterocycles. The Morgan fingerprint density at radius 1 is 1.19 bits per heavy atom. The van der Waals surface area contributed by atoms with Gasteiger partial charge in [-0.05, 0) is 58.7 Å². The van der Waals surface area contributed by atoms with Gasteiger partial charge in [-0.1, -0.05) is 12.1 Å². The zero-order valence-electron chi connectivity index (χ0n) is 11.5. The summed E-state index contributed by atoms with van der Waals surface area (Å²) in [5.74, 6) is 0.825. The Bertz CT molecular complexity index is 790. The number of nitrogens with one attached hydrogen (secondary N) is 1. The molecule has 0 aliphatic carbocycles. The van der Waals surface area contributed by atoms with E-state index in [4.69, 9.17) is 4.74 Å². The monoisotopic (exact) mass is 343 g/mol. The Hall–Kier alpha value is -2.07. The molecule has 0 aliphatic rings. The summed E-state index contributed by atoms with van der Waals surface area (Å²) in [4.78, 5) is 14.8. The fourth-order valence-corrected chi connectivity index (χ4v) is 2.90. The number of H-pyrrole nitrogens is 1. The summed E-state index contributed by atoms with van der Waals surface area (Å²) in [6.07, 6.45) is 0.900. The maximum absolute atomic E-state index is 11.5. The average Bonchev–Trinajstić information content (AvgIpc) is 2.88. The van der Waals surface area contributed by atoms with E-state index in [0.29, 0.717) is 12.2 Å². The van der Waals surface area contributed by atoms with E-state index in [2.05, 4.69) is 20.9 Å². The van der Waals surface area contributed by atoms with Crippen molar-refractivity contribution in [2.75, 3.05) is 6.61 Å². The summed E-state index contributed by atoms with van der Waals surface area (Å²) >= 11 is 3.51. The van der Waals surface area contributed by atoms with Crippen LogP contribution in [0.4, 0.5) is 0 Å². The quantitative estimate of drug-likeness (QED) is 0.690. The molecule has 0 radical (unpaired) electrons. The maximum Gasteiger partial charge on any atom is 0.152 e. The average molecular weight is 344 g/mol. The lowest BCUT2D eigenvalue weighted by Crippen LogP contribution is -1.91. The number of fused-ring (bicyclic) bond motifs is 1. The van der Waals surface area contributed by atoms with E-state index in [0.717, 1.165) is 38.7 Å². The van der Waals surface area contributed by atoms with Gasteiger partial charge in [-0.15, -0.1) is 0 Å². The molecule has 0 amide bonds. The van der Waals surface area contributed by atoms with Crippen LogP contribution in [-0.4, -0.2) is 17.9 Å². The van der Waals surface area contributed by atoms with Gasteiger partial charge in [0, 0.05) is 15.4 Å². The summed E-state index contributed by atoms with van der Waals surface area (Å²) in [6, 6.07) is 13.6. The van der Waals surface area contributed by atoms with E-state index in [1.807, 2.05) is 49.4 Å². The lowest BCUT2D eigenvalue weighted by Gasteiger charge is -2.04. The molecule has 21 heavy (non-hydrogen) atoms. The SMILES string of the molecule is CCOc1ccc(-c2[nH]c3c(Br)cccc3c2C=O)cc1. The van der Waals surface area contributed by atoms with Gasteiger partial charge < -0.3 is 9.72 Å². The highest BCUT2D eigenvalue weighted by atomic mass is 79.9. The number of hydrogen-bond acceptors (Lipinski definition) is 2. The molecule has 2 aromatic carbocycles. The van der Waals surface area contributed by atoms with Gasteiger partial charge >= 0.3 is 0 Å². The minimum Gasteiger partial charge on any atom is -0.494 e. The first kappa shape index (κ1) is 13.9. The predicted molar refractivity (Wildman–Crippen MR) is 88.0 cm³/mol. The molecule has 3 rings (SSSR count). The molecule has 3 nitrogen and oxygen atoms in total. The van der Waals surface area contributed by atoms with E-state index in [1.54, 1.807) is 0 Å². The van der Waals surface area contributed by atoms with Gasteiger partial charge in [0.1, 0.15) is 5.75 Å². The van der Waals surface area contributed by atoms with Crippen molar-refractivity contribution in [3.05, 3.63) is 52.5 Å². The largest absolute Gasteiger partial charge is 0.494 e. The van der Waals surface area contributed by atoms with Crippen molar-refractivity contribution in [1.29, 1.82) is 0 Å². The van der Waals surface area contributed by atoms with Crippen LogP contribution in [0.15, 0.2) is 46.9 Å². The van der Waals surface area contributed by atoms with Gasteiger partial charge in [0.15, 0.2) is 6.29 Å². The van der Waals surface area contributed by atoms with Gasteiger partial charge in [0.05, 0.1) is 17.8 Å². The first-order chi connectivity index (χ1) is 10.2. The molecule has 106 valence electrons. The highest BCUT2D eigenvalue weighted by Gasteiger charge is 2.14. The van der Waals surface area contributed by atoms with Gasteiger partial charge in [-0.25, -0.2) is 0 Å². The van der Waals surface area contributed by atoms with Gasteiger partial charge in [-0.2, -0.15) is 0 Å². The molecule has 0 spiro atoms. The van der Waals surface area contributed by atoms with Crippen LogP contribution in [0.3, 0.4) is 0 Å². The number of carbonyl (C=O) groups is 1. The minimum atomic E-state index is 0.637. The van der Waals surface area contributed by atoms with Crippen LogP contribution in [0.1, 0.15) is 17.3 Å². The van der Waals surface area contributed by atoms with Crippen molar-refractivity contribution < 1.29 is 9.53 Å². The van der Waals surface area contributed by atoms with Crippen LogP contribution in [0, 0.1) is 0 Å². The maximum atomic E-state index is 11.5. The number of rotatable bonds is 4. The van der Waals surface area contributed by atoms with Gasteiger partial charge in [0.2, 0.25) is 0 Å². The third-order valence-electron chi connectivity index (χ3n) is 3.39. The molecule has 0 saturated heterocycles. The number of aromatic nitrogens is 1. The number of benzene rings is 2. The predicted octanol–water partition coefficient (Wildman–Crippen LogP) is 4.81. The first-order valence-corrected chi connectivity index (χ1v) is 7.52. The highest BCUT2D eigenvalue weighted by molar-refractivity contribution is 9.10. The Kier molecular flexibility index (Phi) is 3.80. The normalized spacial score (nSPS) is 10.8. The molecular formula is C17H14BrNO2. The van der Waals surface area contributed by atoms with Crippen LogP contribution >= 0.6 is 15.9 Å². The van der Waals surface area contributed by atoms with E-state index < -0.39 is 0 Å². The number of aromatic amines is 1. The fraction of sp³-hybridized carbons (Fsp3) is 0.118. The molecule has 0 atom stereocenters. The smallest absolute Gasteiger partial charge is 0.152 e. The van der Waals surface area contributed by atoms with Gasteiger partial charge in [-0.3, -0.25) is 4.79 Å². The fourth-order valence-electron chi connectivity index (χ4n) is 2.44. The van der Waals surface area contributed by atoms with Crippen LogP contribution in [0.25, 0.3) is 22.2 Å². The van der Waals surface area contributed by atoms with Crippen LogP contribution in [0.2, 0.25) is 0 Å². The lowest BCUT2D eigenvalue weighted by molar-refractivity contribution is 0.112. The first-order valence-electron chi connectivity index (χ1n) is 6.73. The summed E-state index contributed by atoms with van der Waals surface area (Å²) in [5, 5.41) is 0.920. The molecule has 0 saturated carbocycles. The standard InChI is InChI=1S/C17H14BrNO2/c1-2-21-12-8-6-11(7-9-12)16-14(10-20)13-4-3-5-15(18)17(13)19-16/h3-10,19H,2H2,1H3. The third-order valence-corrected chi connectivity index (χ3v) is 4.06. The topological polar surface area (TPSA) is 42.1 Å². The zero-order valence-corrected chi connectivity index (χ0v) is 13.1. The van der Waals surface area contributed by atoms with Crippen molar-refractivity contribution in [2.24, 2.45) is 0 Å². The van der Waals surface area contributed by atoms with Crippen molar-refractivity contribution in [2.45, 2.75) is 6.92 Å². The number of ether oxygens (including phenoxy) is 1. The molecule has 1 N–H and O–H groups in total. The molecule has 0 fully saturated rings. The van der Waals surface area contributed by atoms with Crippen molar-refractivity contribution in [3.8, 4) is 17.0 Å². The van der Waals surface area contributed by atoms with Crippen LogP contribution in [0.5, 0.6) is 5.75 Å². The summed E-state index contributed by atoms with van der Waals surface area (Å²) in [6.45, 7) is 2.59. The number of para-hydroxylation sites is 1. The third kappa shape index (κ3) is 2.47. The highest BCUT2D eigenvalue weighted by Crippen LogP contribution is 2.33. The molecule has 0 aliphatic heterocycles. The Morgan fingerprint density at radius 2 is 1.95 bits per heavy atom. The summed E-state index contributed by atoms with van der Waals surface area (Å²) in [5.41, 5.74) is 3.40. The molecule has 0 bridgehead atoms. The van der Waals surface area contributed by atoms with Crippen LogP contribution < -0.4 is 4.74 Å². The van der Waals surface area contributed by atoms with Crippen molar-refractivity contribution in [1.82, 2.24) is 4.98 Å². The number of carbonyl (C=O) groups excluding carboxylic acids is 1. The zero-order chi connectivity index (χ0) is 14.8. The number of hydrogen-bond donors (Lipinski definition) is 1. The van der Waals surface area contributed by atoms with E-state index in [-0.39, 0.29) is 0 Å². The van der Waals surface area contributed by atoms with Crippen LogP contribution in [-0.2, 0) is 0 Å². The summed E-state index contributed by atoms with van der Waals surface area (Å²) < 4.78 is 6.39. The van der Waals surface area contributed by atoms with Gasteiger partial charge in [0.25, 0.3) is 0 Å². The Morgan fingerprint density at radius 3 is 2.62 bits per heavy atom. The second-order valence-corrected chi connectivity index (χ2v) is 5.51. The summed E-state index contributed by atoms with van der Waals surface area (Å²) in [7, 11) is 0. The van der Waals surface area contributed by atoms with E-state index in [9.17, 15) is 4.79 Å². The number of aldehydes is 1. The lowest BCUT2D eigenvalue weighted by atomic mass is 10.1. The second-order valence-electron chi connectivity index (χ2n) is 4.65. The molecule has 1 aromatic heterocycles. The van der Waals surface area contributed by atoms with Crippen molar-refractivity contribution >= 4 is 33.1 Å². The minimum absolute atomic E-state index is 0.637. The Balaban J connectivity index is 2.15.